The van der Waals surface area contributed by atoms with Crippen LogP contribution in [0.4, 0.5) is 0 Å². The van der Waals surface area contributed by atoms with Gasteiger partial charge >= 0.3 is 0 Å². The topological polar surface area (TPSA) is 20.2 Å². The number of rotatable bonds is 1. The number of terminal acetylenes is 1. The number of hydrogen-bond donors (Lipinski definition) is 1. The summed E-state index contributed by atoms with van der Waals surface area (Å²) in [7, 11) is 0. The monoisotopic (exact) mass is 268 g/mol. The summed E-state index contributed by atoms with van der Waals surface area (Å²) in [4.78, 5) is 0. The summed E-state index contributed by atoms with van der Waals surface area (Å²) in [5.41, 5.74) is 0.272. The quantitative estimate of drug-likeness (QED) is 0.465. The molecule has 0 fully saturated rings. The first kappa shape index (κ1) is 12.0. The van der Waals surface area contributed by atoms with Gasteiger partial charge in [-0.25, -0.2) is 0 Å². The predicted molar refractivity (Wildman–Crippen MR) is 60.3 cm³/mol. The molecule has 14 heavy (non-hydrogen) atoms. The zero-order valence-electron chi connectivity index (χ0n) is 6.69. The SMILES string of the molecule is C#CC(O)c1cc(Cl)c(Cl)c(Cl)c1Cl. The molecule has 0 amide bonds. The molecule has 1 rings (SSSR count). The number of aliphatic hydroxyl groups is 1. The van der Waals surface area contributed by atoms with E-state index in [1.165, 1.54) is 6.07 Å². The third-order valence-corrected chi connectivity index (χ3v) is 3.35. The minimum Gasteiger partial charge on any atom is -0.376 e. The molecule has 1 unspecified atom stereocenters. The molecule has 0 aliphatic heterocycles. The van der Waals surface area contributed by atoms with E-state index in [4.69, 9.17) is 52.8 Å². The highest BCUT2D eigenvalue weighted by molar-refractivity contribution is 6.52. The van der Waals surface area contributed by atoms with E-state index < -0.39 is 6.10 Å². The molecule has 1 aromatic carbocycles. The average Bonchev–Trinajstić information content (AvgIpc) is 2.19. The van der Waals surface area contributed by atoms with Gasteiger partial charge in [0.15, 0.2) is 0 Å². The Bertz CT molecular complexity index is 408. The van der Waals surface area contributed by atoms with Gasteiger partial charge in [-0.05, 0) is 6.07 Å². The van der Waals surface area contributed by atoms with Crippen LogP contribution < -0.4 is 0 Å². The molecule has 0 spiro atoms. The molecule has 1 nitrogen and oxygen atoms in total. The molecule has 1 atom stereocenters. The third-order valence-electron chi connectivity index (χ3n) is 1.58. The van der Waals surface area contributed by atoms with Crippen LogP contribution in [0.5, 0.6) is 0 Å². The lowest BCUT2D eigenvalue weighted by atomic mass is 10.1. The summed E-state index contributed by atoms with van der Waals surface area (Å²) in [5, 5.41) is 9.92. The molecule has 0 bridgehead atoms. The van der Waals surface area contributed by atoms with Gasteiger partial charge in [0, 0.05) is 5.56 Å². The summed E-state index contributed by atoms with van der Waals surface area (Å²) in [6.45, 7) is 0. The minimum atomic E-state index is -1.14. The number of aliphatic hydroxyl groups excluding tert-OH is 1. The largest absolute Gasteiger partial charge is 0.376 e. The van der Waals surface area contributed by atoms with E-state index in [1.54, 1.807) is 0 Å². The molecule has 0 radical (unpaired) electrons. The van der Waals surface area contributed by atoms with Crippen molar-refractivity contribution in [1.29, 1.82) is 0 Å². The van der Waals surface area contributed by atoms with Crippen LogP contribution in [-0.4, -0.2) is 5.11 Å². The Labute approximate surface area is 102 Å². The van der Waals surface area contributed by atoms with Gasteiger partial charge in [0.2, 0.25) is 0 Å². The molecule has 0 saturated carbocycles. The summed E-state index contributed by atoms with van der Waals surface area (Å²) in [5.74, 6) is 2.11. The smallest absolute Gasteiger partial charge is 0.141 e. The van der Waals surface area contributed by atoms with Crippen molar-refractivity contribution in [3.63, 3.8) is 0 Å². The molecule has 0 aliphatic rings. The molecular formula is C9H4Cl4O. The van der Waals surface area contributed by atoms with Gasteiger partial charge in [-0.15, -0.1) is 6.42 Å². The Morgan fingerprint density at radius 3 is 2.21 bits per heavy atom. The Morgan fingerprint density at radius 1 is 1.14 bits per heavy atom. The second-order valence-corrected chi connectivity index (χ2v) is 4.00. The summed E-state index contributed by atoms with van der Waals surface area (Å²) in [6, 6.07) is 1.39. The van der Waals surface area contributed by atoms with Gasteiger partial charge < -0.3 is 5.11 Å². The van der Waals surface area contributed by atoms with Crippen molar-refractivity contribution in [3.8, 4) is 12.3 Å². The van der Waals surface area contributed by atoms with E-state index in [1.807, 2.05) is 0 Å². The van der Waals surface area contributed by atoms with Crippen LogP contribution in [-0.2, 0) is 0 Å². The van der Waals surface area contributed by atoms with E-state index in [0.717, 1.165) is 0 Å². The molecule has 0 heterocycles. The van der Waals surface area contributed by atoms with Crippen LogP contribution in [0, 0.1) is 12.3 Å². The van der Waals surface area contributed by atoms with E-state index >= 15 is 0 Å². The lowest BCUT2D eigenvalue weighted by Gasteiger charge is -2.10. The van der Waals surface area contributed by atoms with Gasteiger partial charge in [0.05, 0.1) is 20.1 Å². The molecule has 74 valence electrons. The molecule has 0 aliphatic carbocycles. The van der Waals surface area contributed by atoms with Crippen LogP contribution in [0.1, 0.15) is 11.7 Å². The van der Waals surface area contributed by atoms with E-state index in [0.29, 0.717) is 0 Å². The van der Waals surface area contributed by atoms with Gasteiger partial charge in [0.25, 0.3) is 0 Å². The van der Waals surface area contributed by atoms with Crippen molar-refractivity contribution in [2.75, 3.05) is 0 Å². The molecule has 0 aromatic heterocycles. The van der Waals surface area contributed by atoms with Gasteiger partial charge in [0.1, 0.15) is 6.10 Å². The molecule has 1 N–H and O–H groups in total. The first-order valence-electron chi connectivity index (χ1n) is 3.46. The van der Waals surface area contributed by atoms with E-state index in [2.05, 4.69) is 5.92 Å². The summed E-state index contributed by atoms with van der Waals surface area (Å²) >= 11 is 23.0. The van der Waals surface area contributed by atoms with E-state index in [-0.39, 0.29) is 25.7 Å². The highest BCUT2D eigenvalue weighted by atomic mass is 35.5. The average molecular weight is 270 g/mol. The third kappa shape index (κ3) is 2.11. The zero-order chi connectivity index (χ0) is 10.9. The normalized spacial score (nSPS) is 12.3. The van der Waals surface area contributed by atoms with Crippen LogP contribution in [0.2, 0.25) is 20.1 Å². The zero-order valence-corrected chi connectivity index (χ0v) is 9.71. The lowest BCUT2D eigenvalue weighted by Crippen LogP contribution is -1.95. The van der Waals surface area contributed by atoms with Crippen LogP contribution in [0.15, 0.2) is 6.07 Å². The highest BCUT2D eigenvalue weighted by Crippen LogP contribution is 2.40. The van der Waals surface area contributed by atoms with Crippen LogP contribution in [0.3, 0.4) is 0 Å². The molecule has 0 saturated heterocycles. The predicted octanol–water partition coefficient (Wildman–Crippen LogP) is 3.97. The maximum atomic E-state index is 9.37. The fraction of sp³-hybridized carbons (Fsp3) is 0.111. The van der Waals surface area contributed by atoms with E-state index in [9.17, 15) is 5.11 Å². The maximum absolute atomic E-state index is 9.37. The van der Waals surface area contributed by atoms with Gasteiger partial charge in [-0.3, -0.25) is 0 Å². The second kappa shape index (κ2) is 4.61. The first-order chi connectivity index (χ1) is 6.49. The number of benzene rings is 1. The molecular weight excluding hydrogens is 266 g/mol. The van der Waals surface area contributed by atoms with Crippen LogP contribution >= 0.6 is 46.4 Å². The van der Waals surface area contributed by atoms with Crippen LogP contribution in [0.25, 0.3) is 0 Å². The van der Waals surface area contributed by atoms with Crippen molar-refractivity contribution < 1.29 is 5.11 Å². The molecule has 5 heteroatoms. The Morgan fingerprint density at radius 2 is 1.71 bits per heavy atom. The number of halogens is 4. The fourth-order valence-corrected chi connectivity index (χ4v) is 1.80. The minimum absolute atomic E-state index is 0.0881. The standard InChI is InChI=1S/C9H4Cl4O/c1-2-6(14)4-3-5(10)8(12)9(13)7(4)11/h1,3,6,14H. The molecule has 1 aromatic rings. The van der Waals surface area contributed by atoms with Crippen molar-refractivity contribution in [2.24, 2.45) is 0 Å². The Balaban J connectivity index is 3.42. The highest BCUT2D eigenvalue weighted by Gasteiger charge is 2.16. The first-order valence-corrected chi connectivity index (χ1v) is 4.97. The number of hydrogen-bond acceptors (Lipinski definition) is 1. The fourth-order valence-electron chi connectivity index (χ4n) is 0.880. The second-order valence-electron chi connectivity index (χ2n) is 2.46. The van der Waals surface area contributed by atoms with Crippen molar-refractivity contribution in [2.45, 2.75) is 6.10 Å². The van der Waals surface area contributed by atoms with Gasteiger partial charge in [-0.1, -0.05) is 52.3 Å². The Hall–Kier alpha value is -0.100. The summed E-state index contributed by atoms with van der Waals surface area (Å²) in [6.07, 6.45) is 3.89. The maximum Gasteiger partial charge on any atom is 0.141 e. The van der Waals surface area contributed by atoms with Crippen molar-refractivity contribution in [1.82, 2.24) is 0 Å². The van der Waals surface area contributed by atoms with Gasteiger partial charge in [-0.2, -0.15) is 0 Å². The Kier molecular flexibility index (Phi) is 3.94. The summed E-state index contributed by atoms with van der Waals surface area (Å²) < 4.78 is 0. The lowest BCUT2D eigenvalue weighted by molar-refractivity contribution is 0.238. The van der Waals surface area contributed by atoms with Crippen molar-refractivity contribution in [3.05, 3.63) is 31.7 Å². The van der Waals surface area contributed by atoms with Crippen molar-refractivity contribution >= 4 is 46.4 Å².